The van der Waals surface area contributed by atoms with Crippen LogP contribution in [0.25, 0.3) is 5.69 Å². The van der Waals surface area contributed by atoms with E-state index in [1.165, 1.54) is 4.68 Å². The van der Waals surface area contributed by atoms with Crippen molar-refractivity contribution < 1.29 is 14.7 Å². The summed E-state index contributed by atoms with van der Waals surface area (Å²) in [7, 11) is 0. The van der Waals surface area contributed by atoms with E-state index in [0.717, 1.165) is 12.8 Å². The second-order valence-corrected chi connectivity index (χ2v) is 6.51. The Labute approximate surface area is 144 Å². The number of aromatic nitrogens is 2. The van der Waals surface area contributed by atoms with Gasteiger partial charge in [0.05, 0.1) is 10.7 Å². The fourth-order valence-electron chi connectivity index (χ4n) is 3.09. The number of hydrogen-bond donors (Lipinski definition) is 2. The number of amides is 1. The van der Waals surface area contributed by atoms with Gasteiger partial charge >= 0.3 is 5.97 Å². The van der Waals surface area contributed by atoms with Crippen LogP contribution in [0, 0.1) is 6.92 Å². The van der Waals surface area contributed by atoms with E-state index >= 15 is 0 Å². The van der Waals surface area contributed by atoms with Gasteiger partial charge in [-0.3, -0.25) is 4.79 Å². The molecule has 1 saturated carbocycles. The van der Waals surface area contributed by atoms with E-state index in [0.29, 0.717) is 29.1 Å². The van der Waals surface area contributed by atoms with Crippen LogP contribution < -0.4 is 5.32 Å². The van der Waals surface area contributed by atoms with Crippen LogP contribution >= 0.6 is 11.6 Å². The number of benzene rings is 1. The molecule has 0 bridgehead atoms. The zero-order chi connectivity index (χ0) is 17.3. The van der Waals surface area contributed by atoms with Crippen molar-refractivity contribution in [3.05, 3.63) is 46.7 Å². The molecule has 1 amide bonds. The molecule has 1 heterocycles. The molecule has 1 aromatic heterocycles. The Morgan fingerprint density at radius 1 is 1.29 bits per heavy atom. The van der Waals surface area contributed by atoms with E-state index < -0.39 is 17.4 Å². The summed E-state index contributed by atoms with van der Waals surface area (Å²) >= 11 is 6.16. The van der Waals surface area contributed by atoms with E-state index in [4.69, 9.17) is 11.6 Å². The number of halogens is 1. The van der Waals surface area contributed by atoms with Crippen LogP contribution in [0.15, 0.2) is 30.5 Å². The highest BCUT2D eigenvalue weighted by Gasteiger charge is 2.43. The molecule has 0 saturated heterocycles. The number of aliphatic carboxylic acids is 1. The highest BCUT2D eigenvalue weighted by atomic mass is 35.5. The first-order valence-electron chi connectivity index (χ1n) is 7.80. The van der Waals surface area contributed by atoms with Gasteiger partial charge in [0.2, 0.25) is 0 Å². The molecule has 6 nitrogen and oxygen atoms in total. The number of carbonyl (C=O) groups excluding carboxylic acids is 1. The summed E-state index contributed by atoms with van der Waals surface area (Å²) in [5.74, 6) is -1.46. The highest BCUT2D eigenvalue weighted by molar-refractivity contribution is 6.32. The van der Waals surface area contributed by atoms with Gasteiger partial charge in [0.1, 0.15) is 5.54 Å². The van der Waals surface area contributed by atoms with Crippen LogP contribution in [-0.2, 0) is 4.79 Å². The lowest BCUT2D eigenvalue weighted by Crippen LogP contribution is -2.52. The Balaban J connectivity index is 1.89. The molecular formula is C17H18ClN3O3. The average Bonchev–Trinajstić information content (AvgIpc) is 3.15. The molecule has 2 N–H and O–H groups in total. The summed E-state index contributed by atoms with van der Waals surface area (Å²) < 4.78 is 1.54. The summed E-state index contributed by atoms with van der Waals surface area (Å²) in [6, 6.07) is 7.18. The average molecular weight is 348 g/mol. The molecule has 126 valence electrons. The van der Waals surface area contributed by atoms with E-state index in [2.05, 4.69) is 10.4 Å². The largest absolute Gasteiger partial charge is 0.480 e. The summed E-state index contributed by atoms with van der Waals surface area (Å²) in [5.41, 5.74) is 0.348. The van der Waals surface area contributed by atoms with Crippen LogP contribution in [0.3, 0.4) is 0 Å². The minimum atomic E-state index is -1.18. The van der Waals surface area contributed by atoms with Gasteiger partial charge in [-0.2, -0.15) is 5.10 Å². The summed E-state index contributed by atoms with van der Waals surface area (Å²) in [5, 5.41) is 17.0. The summed E-state index contributed by atoms with van der Waals surface area (Å²) in [6.07, 6.45) is 4.17. The molecule has 0 unspecified atom stereocenters. The van der Waals surface area contributed by atoms with Gasteiger partial charge in [0, 0.05) is 11.8 Å². The number of carboxylic acids is 1. The quantitative estimate of drug-likeness (QED) is 0.890. The molecule has 0 atom stereocenters. The lowest BCUT2D eigenvalue weighted by molar-refractivity contribution is -0.144. The minimum Gasteiger partial charge on any atom is -0.480 e. The van der Waals surface area contributed by atoms with Gasteiger partial charge in [-0.15, -0.1) is 0 Å². The third-order valence-corrected chi connectivity index (χ3v) is 4.75. The molecular weight excluding hydrogens is 330 g/mol. The highest BCUT2D eigenvalue weighted by Crippen LogP contribution is 2.30. The number of nitrogens with one attached hydrogen (secondary N) is 1. The zero-order valence-corrected chi connectivity index (χ0v) is 14.0. The Morgan fingerprint density at radius 3 is 2.58 bits per heavy atom. The molecule has 24 heavy (non-hydrogen) atoms. The monoisotopic (exact) mass is 347 g/mol. The lowest BCUT2D eigenvalue weighted by Gasteiger charge is -2.24. The third-order valence-electron chi connectivity index (χ3n) is 4.43. The van der Waals surface area contributed by atoms with Crippen molar-refractivity contribution >= 4 is 23.5 Å². The number of carbonyl (C=O) groups is 2. The van der Waals surface area contributed by atoms with Crippen molar-refractivity contribution in [1.29, 1.82) is 0 Å². The molecule has 1 aliphatic rings. The fourth-order valence-corrected chi connectivity index (χ4v) is 3.32. The van der Waals surface area contributed by atoms with Crippen LogP contribution in [0.5, 0.6) is 0 Å². The Hall–Kier alpha value is -2.34. The maximum absolute atomic E-state index is 12.6. The van der Waals surface area contributed by atoms with Crippen LogP contribution in [0.1, 0.15) is 41.7 Å². The first kappa shape index (κ1) is 16.5. The van der Waals surface area contributed by atoms with Gasteiger partial charge in [0.25, 0.3) is 5.91 Å². The predicted molar refractivity (Wildman–Crippen MR) is 89.6 cm³/mol. The molecule has 0 radical (unpaired) electrons. The summed E-state index contributed by atoms with van der Waals surface area (Å²) in [4.78, 5) is 24.2. The van der Waals surface area contributed by atoms with Gasteiger partial charge in [-0.25, -0.2) is 9.48 Å². The van der Waals surface area contributed by atoms with Gasteiger partial charge < -0.3 is 10.4 Å². The molecule has 0 spiro atoms. The molecule has 0 aliphatic heterocycles. The van der Waals surface area contributed by atoms with Crippen molar-refractivity contribution in [3.8, 4) is 5.69 Å². The molecule has 1 aromatic carbocycles. The van der Waals surface area contributed by atoms with E-state index in [-0.39, 0.29) is 5.69 Å². The second kappa shape index (κ2) is 6.28. The smallest absolute Gasteiger partial charge is 0.329 e. The van der Waals surface area contributed by atoms with Crippen molar-refractivity contribution in [2.45, 2.75) is 38.1 Å². The number of carboxylic acid groups (broad SMARTS) is 1. The first-order chi connectivity index (χ1) is 11.4. The van der Waals surface area contributed by atoms with E-state index in [9.17, 15) is 14.7 Å². The zero-order valence-electron chi connectivity index (χ0n) is 13.3. The van der Waals surface area contributed by atoms with Gasteiger partial charge in [-0.1, -0.05) is 36.6 Å². The molecule has 1 fully saturated rings. The Bertz CT molecular complexity index is 794. The molecule has 1 aliphatic carbocycles. The molecule has 2 aromatic rings. The van der Waals surface area contributed by atoms with Gasteiger partial charge in [0.15, 0.2) is 5.69 Å². The normalized spacial score (nSPS) is 16.1. The van der Waals surface area contributed by atoms with Crippen LogP contribution in [-0.4, -0.2) is 32.3 Å². The maximum atomic E-state index is 12.6. The van der Waals surface area contributed by atoms with Crippen LogP contribution in [0.4, 0.5) is 0 Å². The number of aryl methyl sites for hydroxylation is 1. The number of rotatable bonds is 4. The standard InChI is InChI=1S/C17H18ClN3O3/c1-11-10-21(13-7-3-2-6-12(13)18)20-14(11)15(22)19-17(16(23)24)8-4-5-9-17/h2-3,6-7,10H,4-5,8-9H2,1H3,(H,19,22)(H,23,24). The number of para-hydroxylation sites is 1. The fraction of sp³-hybridized carbons (Fsp3) is 0.353. The third kappa shape index (κ3) is 2.89. The van der Waals surface area contributed by atoms with Crippen molar-refractivity contribution in [3.63, 3.8) is 0 Å². The second-order valence-electron chi connectivity index (χ2n) is 6.11. The lowest BCUT2D eigenvalue weighted by atomic mass is 9.97. The Kier molecular flexibility index (Phi) is 4.32. The van der Waals surface area contributed by atoms with Crippen molar-refractivity contribution in [2.24, 2.45) is 0 Å². The van der Waals surface area contributed by atoms with E-state index in [1.807, 2.05) is 12.1 Å². The number of nitrogens with zero attached hydrogens (tertiary/aromatic N) is 2. The molecule has 7 heteroatoms. The molecule has 3 rings (SSSR count). The SMILES string of the molecule is Cc1cn(-c2ccccc2Cl)nc1C(=O)NC1(C(=O)O)CCCC1. The van der Waals surface area contributed by atoms with Crippen molar-refractivity contribution in [1.82, 2.24) is 15.1 Å². The van der Waals surface area contributed by atoms with Crippen molar-refractivity contribution in [2.75, 3.05) is 0 Å². The maximum Gasteiger partial charge on any atom is 0.329 e. The van der Waals surface area contributed by atoms with Crippen LogP contribution in [0.2, 0.25) is 5.02 Å². The topological polar surface area (TPSA) is 84.2 Å². The van der Waals surface area contributed by atoms with E-state index in [1.54, 1.807) is 25.3 Å². The van der Waals surface area contributed by atoms with Gasteiger partial charge in [-0.05, 0) is 31.9 Å². The number of hydrogen-bond acceptors (Lipinski definition) is 3. The first-order valence-corrected chi connectivity index (χ1v) is 8.18. The minimum absolute atomic E-state index is 0.211. The Morgan fingerprint density at radius 2 is 1.96 bits per heavy atom. The summed E-state index contributed by atoms with van der Waals surface area (Å²) in [6.45, 7) is 1.76. The predicted octanol–water partition coefficient (Wildman–Crippen LogP) is 2.96.